The number of aromatic nitrogens is 1. The Bertz CT molecular complexity index is 1020. The smallest absolute Gasteiger partial charge is 0.170 e. The predicted molar refractivity (Wildman–Crippen MR) is 99.8 cm³/mol. The fraction of sp³-hybridized carbons (Fsp3) is 0.0909. The third-order valence-electron chi connectivity index (χ3n) is 4.47. The van der Waals surface area contributed by atoms with Gasteiger partial charge in [-0.3, -0.25) is 9.59 Å². The molecule has 0 radical (unpaired) electrons. The maximum Gasteiger partial charge on any atom is 0.170 e. The van der Waals surface area contributed by atoms with Gasteiger partial charge in [-0.2, -0.15) is 0 Å². The average Bonchev–Trinajstić information content (AvgIpc) is 2.97. The van der Waals surface area contributed by atoms with Gasteiger partial charge >= 0.3 is 0 Å². The lowest BCUT2D eigenvalue weighted by Gasteiger charge is -2.07. The molecule has 0 unspecified atom stereocenters. The minimum Gasteiger partial charge on any atom is -0.333 e. The number of carbonyl (C=O) groups is 2. The standard InChI is InChI=1S/C22H17NO2/c24-17(14-22(25)16-8-2-1-3-9-16)15-23-20-12-6-4-10-18(20)19-11-5-7-13-21(19)23/h1-13H,14-15H2. The fourth-order valence-electron chi connectivity index (χ4n) is 3.31. The van der Waals surface area contributed by atoms with Gasteiger partial charge in [0.1, 0.15) is 0 Å². The number of ketones is 2. The number of rotatable bonds is 5. The molecule has 0 aliphatic carbocycles. The maximum atomic E-state index is 12.5. The van der Waals surface area contributed by atoms with Crippen LogP contribution < -0.4 is 0 Å². The lowest BCUT2D eigenvalue weighted by molar-refractivity contribution is -0.118. The molecular formula is C22H17NO2. The zero-order valence-corrected chi connectivity index (χ0v) is 13.7. The van der Waals surface area contributed by atoms with Crippen molar-refractivity contribution in [1.29, 1.82) is 0 Å². The molecule has 3 nitrogen and oxygen atoms in total. The highest BCUT2D eigenvalue weighted by Gasteiger charge is 2.15. The van der Waals surface area contributed by atoms with Gasteiger partial charge in [0.25, 0.3) is 0 Å². The molecule has 25 heavy (non-hydrogen) atoms. The molecule has 0 atom stereocenters. The van der Waals surface area contributed by atoms with Crippen molar-refractivity contribution in [2.24, 2.45) is 0 Å². The van der Waals surface area contributed by atoms with Crippen molar-refractivity contribution in [3.63, 3.8) is 0 Å². The summed E-state index contributed by atoms with van der Waals surface area (Å²) >= 11 is 0. The van der Waals surface area contributed by atoms with Crippen LogP contribution in [-0.4, -0.2) is 16.1 Å². The number of fused-ring (bicyclic) bond motifs is 3. The molecule has 0 spiro atoms. The van der Waals surface area contributed by atoms with E-state index in [0.29, 0.717) is 5.56 Å². The van der Waals surface area contributed by atoms with Gasteiger partial charge in [-0.1, -0.05) is 66.7 Å². The van der Waals surface area contributed by atoms with Crippen LogP contribution in [0, 0.1) is 0 Å². The number of nitrogens with zero attached hydrogens (tertiary/aromatic N) is 1. The topological polar surface area (TPSA) is 39.1 Å². The summed E-state index contributed by atoms with van der Waals surface area (Å²) < 4.78 is 2.01. The number of carbonyl (C=O) groups excluding carboxylic acids is 2. The van der Waals surface area contributed by atoms with Crippen LogP contribution in [0.1, 0.15) is 16.8 Å². The van der Waals surface area contributed by atoms with Gasteiger partial charge in [0.05, 0.1) is 13.0 Å². The van der Waals surface area contributed by atoms with E-state index in [9.17, 15) is 9.59 Å². The highest BCUT2D eigenvalue weighted by atomic mass is 16.1. The molecule has 0 amide bonds. The summed E-state index contributed by atoms with van der Waals surface area (Å²) in [5.74, 6) is -0.216. The zero-order valence-electron chi connectivity index (χ0n) is 13.7. The van der Waals surface area contributed by atoms with E-state index in [1.54, 1.807) is 12.1 Å². The molecule has 1 heterocycles. The van der Waals surface area contributed by atoms with Gasteiger partial charge in [0.15, 0.2) is 11.6 Å². The molecule has 0 fully saturated rings. The molecule has 4 rings (SSSR count). The molecule has 1 aromatic heterocycles. The van der Waals surface area contributed by atoms with Gasteiger partial charge in [0, 0.05) is 27.4 Å². The third kappa shape index (κ3) is 2.85. The van der Waals surface area contributed by atoms with Crippen LogP contribution >= 0.6 is 0 Å². The molecule has 0 aliphatic heterocycles. The Morgan fingerprint density at radius 1 is 0.680 bits per heavy atom. The van der Waals surface area contributed by atoms with E-state index in [2.05, 4.69) is 12.1 Å². The van der Waals surface area contributed by atoms with Crippen molar-refractivity contribution in [1.82, 2.24) is 4.57 Å². The number of hydrogen-bond donors (Lipinski definition) is 0. The van der Waals surface area contributed by atoms with Crippen molar-refractivity contribution >= 4 is 33.4 Å². The van der Waals surface area contributed by atoms with Gasteiger partial charge in [-0.25, -0.2) is 0 Å². The van der Waals surface area contributed by atoms with E-state index in [1.165, 1.54) is 0 Å². The van der Waals surface area contributed by atoms with E-state index in [0.717, 1.165) is 21.8 Å². The van der Waals surface area contributed by atoms with Crippen molar-refractivity contribution in [3.05, 3.63) is 84.4 Å². The monoisotopic (exact) mass is 327 g/mol. The van der Waals surface area contributed by atoms with Crippen LogP contribution in [-0.2, 0) is 11.3 Å². The molecule has 122 valence electrons. The van der Waals surface area contributed by atoms with Gasteiger partial charge in [0.2, 0.25) is 0 Å². The molecule has 0 aliphatic rings. The van der Waals surface area contributed by atoms with Crippen molar-refractivity contribution < 1.29 is 9.59 Å². The van der Waals surface area contributed by atoms with Crippen molar-refractivity contribution in [2.45, 2.75) is 13.0 Å². The highest BCUT2D eigenvalue weighted by molar-refractivity contribution is 6.11. The Balaban J connectivity index is 1.66. The van der Waals surface area contributed by atoms with Gasteiger partial charge in [-0.05, 0) is 12.1 Å². The molecule has 0 bridgehead atoms. The molecule has 0 saturated heterocycles. The first-order chi connectivity index (χ1) is 12.2. The molecule has 4 aromatic rings. The van der Waals surface area contributed by atoms with E-state index in [4.69, 9.17) is 0 Å². The Hall–Kier alpha value is -3.20. The van der Waals surface area contributed by atoms with E-state index >= 15 is 0 Å². The zero-order chi connectivity index (χ0) is 17.2. The number of Topliss-reactive ketones (excluding diaryl/α,β-unsaturated/α-hetero) is 2. The van der Waals surface area contributed by atoms with E-state index in [1.807, 2.05) is 59.2 Å². The van der Waals surface area contributed by atoms with Crippen molar-refractivity contribution in [3.8, 4) is 0 Å². The van der Waals surface area contributed by atoms with E-state index in [-0.39, 0.29) is 24.5 Å². The van der Waals surface area contributed by atoms with Crippen LogP contribution in [0.5, 0.6) is 0 Å². The quantitative estimate of drug-likeness (QED) is 0.396. The van der Waals surface area contributed by atoms with Crippen LogP contribution in [0.2, 0.25) is 0 Å². The van der Waals surface area contributed by atoms with Crippen LogP contribution in [0.15, 0.2) is 78.9 Å². The lowest BCUT2D eigenvalue weighted by atomic mass is 10.1. The normalized spacial score (nSPS) is 11.0. The van der Waals surface area contributed by atoms with Crippen LogP contribution in [0.4, 0.5) is 0 Å². The first kappa shape index (κ1) is 15.3. The summed E-state index contributed by atoms with van der Waals surface area (Å²) in [6.07, 6.45) is -0.0785. The fourth-order valence-corrected chi connectivity index (χ4v) is 3.31. The summed E-state index contributed by atoms with van der Waals surface area (Å²) in [4.78, 5) is 24.8. The van der Waals surface area contributed by atoms with Gasteiger partial charge < -0.3 is 4.57 Å². The predicted octanol–water partition coefficient (Wildman–Crippen LogP) is 4.64. The SMILES string of the molecule is O=C(CC(=O)c1ccccc1)Cn1c2ccccc2c2ccccc21. The summed E-state index contributed by atoms with van der Waals surface area (Å²) in [7, 11) is 0. The minimum absolute atomic E-state index is 0.0785. The highest BCUT2D eigenvalue weighted by Crippen LogP contribution is 2.28. The Morgan fingerprint density at radius 2 is 1.20 bits per heavy atom. The Morgan fingerprint density at radius 3 is 1.80 bits per heavy atom. The first-order valence-corrected chi connectivity index (χ1v) is 8.30. The van der Waals surface area contributed by atoms with Crippen molar-refractivity contribution in [2.75, 3.05) is 0 Å². The summed E-state index contributed by atoms with van der Waals surface area (Å²) in [6, 6.07) is 25.1. The van der Waals surface area contributed by atoms with Crippen LogP contribution in [0.3, 0.4) is 0 Å². The Labute approximate surface area is 145 Å². The summed E-state index contributed by atoms with van der Waals surface area (Å²) in [5, 5.41) is 2.25. The summed E-state index contributed by atoms with van der Waals surface area (Å²) in [5.41, 5.74) is 2.62. The third-order valence-corrected chi connectivity index (χ3v) is 4.47. The molecule has 3 heteroatoms. The Kier molecular flexibility index (Phi) is 3.90. The second-order valence-electron chi connectivity index (χ2n) is 6.13. The number of para-hydroxylation sites is 2. The lowest BCUT2D eigenvalue weighted by Crippen LogP contribution is -2.14. The maximum absolute atomic E-state index is 12.5. The molecule has 0 saturated carbocycles. The molecular weight excluding hydrogens is 310 g/mol. The molecule has 3 aromatic carbocycles. The average molecular weight is 327 g/mol. The number of benzene rings is 3. The molecule has 0 N–H and O–H groups in total. The van der Waals surface area contributed by atoms with E-state index < -0.39 is 0 Å². The second kappa shape index (κ2) is 6.36. The first-order valence-electron chi connectivity index (χ1n) is 8.30. The number of hydrogen-bond acceptors (Lipinski definition) is 2. The minimum atomic E-state index is -0.133. The van der Waals surface area contributed by atoms with Gasteiger partial charge in [-0.15, -0.1) is 0 Å². The van der Waals surface area contributed by atoms with Crippen LogP contribution in [0.25, 0.3) is 21.8 Å². The second-order valence-corrected chi connectivity index (χ2v) is 6.13. The largest absolute Gasteiger partial charge is 0.333 e. The summed E-state index contributed by atoms with van der Waals surface area (Å²) in [6.45, 7) is 0.201.